The Bertz CT molecular complexity index is 731. The molecular formula is C17H15ClO6. The van der Waals surface area contributed by atoms with Gasteiger partial charge in [0.2, 0.25) is 5.78 Å². The molecule has 126 valence electrons. The molecule has 0 bridgehead atoms. The van der Waals surface area contributed by atoms with Crippen molar-refractivity contribution < 1.29 is 28.7 Å². The number of allylic oxidation sites excluding steroid dienone is 1. The topological polar surface area (TPSA) is 86.7 Å². The summed E-state index contributed by atoms with van der Waals surface area (Å²) in [4.78, 5) is 49.5. The number of carbonyl (C=O) groups is 4. The average molecular weight is 351 g/mol. The fourth-order valence-corrected chi connectivity index (χ4v) is 2.70. The molecule has 1 aliphatic rings. The monoisotopic (exact) mass is 350 g/mol. The van der Waals surface area contributed by atoms with Gasteiger partial charge in [-0.25, -0.2) is 0 Å². The fraction of sp³-hybridized carbons (Fsp3) is 0.294. The molecule has 0 heterocycles. The Morgan fingerprint density at radius 1 is 0.958 bits per heavy atom. The lowest BCUT2D eigenvalue weighted by atomic mass is 9.83. The minimum absolute atomic E-state index is 0.00163. The molecule has 0 N–H and O–H groups in total. The van der Waals surface area contributed by atoms with E-state index in [1.807, 2.05) is 0 Å². The Labute approximate surface area is 143 Å². The number of halogens is 1. The van der Waals surface area contributed by atoms with E-state index >= 15 is 0 Å². The van der Waals surface area contributed by atoms with Crippen LogP contribution in [0.25, 0.3) is 0 Å². The molecule has 0 saturated carbocycles. The predicted octanol–water partition coefficient (Wildman–Crippen LogP) is 2.30. The highest BCUT2D eigenvalue weighted by Crippen LogP contribution is 2.33. The number of hydrogen-bond donors (Lipinski definition) is 0. The van der Waals surface area contributed by atoms with Gasteiger partial charge in [-0.15, -0.1) is 0 Å². The number of esters is 2. The van der Waals surface area contributed by atoms with Crippen molar-refractivity contribution >= 4 is 35.1 Å². The molecule has 0 saturated heterocycles. The van der Waals surface area contributed by atoms with Gasteiger partial charge >= 0.3 is 11.9 Å². The predicted molar refractivity (Wildman–Crippen MR) is 84.7 cm³/mol. The number of carbonyl (C=O) groups excluding carboxylic acids is 4. The molecule has 0 fully saturated rings. The molecular weight excluding hydrogens is 336 g/mol. The fourth-order valence-electron chi connectivity index (χ4n) is 2.41. The second kappa shape index (κ2) is 7.40. The van der Waals surface area contributed by atoms with Gasteiger partial charge in [0.05, 0.1) is 18.2 Å². The van der Waals surface area contributed by atoms with Crippen molar-refractivity contribution in [2.24, 2.45) is 5.92 Å². The summed E-state index contributed by atoms with van der Waals surface area (Å²) in [6.07, 6.45) is 0. The van der Waals surface area contributed by atoms with E-state index in [0.29, 0.717) is 0 Å². The molecule has 6 nitrogen and oxygen atoms in total. The number of ether oxygens (including phenoxy) is 2. The SMILES string of the molecule is CCOC(=O)C(C(=O)OCC)C1=C(Cl)C(=O)c2ccccc2C1=O. The van der Waals surface area contributed by atoms with Crippen LogP contribution >= 0.6 is 11.6 Å². The largest absolute Gasteiger partial charge is 0.465 e. The van der Waals surface area contributed by atoms with Crippen molar-refractivity contribution in [1.29, 1.82) is 0 Å². The Morgan fingerprint density at radius 3 is 1.88 bits per heavy atom. The van der Waals surface area contributed by atoms with Crippen LogP contribution in [0, 0.1) is 5.92 Å². The highest BCUT2D eigenvalue weighted by atomic mass is 35.5. The van der Waals surface area contributed by atoms with Crippen LogP contribution in [-0.2, 0) is 19.1 Å². The van der Waals surface area contributed by atoms with Crippen molar-refractivity contribution in [1.82, 2.24) is 0 Å². The molecule has 1 aliphatic carbocycles. The van der Waals surface area contributed by atoms with Gasteiger partial charge in [-0.1, -0.05) is 35.9 Å². The first-order chi connectivity index (χ1) is 11.4. The Balaban J connectivity index is 2.58. The summed E-state index contributed by atoms with van der Waals surface area (Å²) >= 11 is 6.03. The van der Waals surface area contributed by atoms with Crippen molar-refractivity contribution in [2.75, 3.05) is 13.2 Å². The van der Waals surface area contributed by atoms with E-state index in [1.165, 1.54) is 12.1 Å². The van der Waals surface area contributed by atoms with Gasteiger partial charge in [-0.3, -0.25) is 19.2 Å². The maximum absolute atomic E-state index is 12.7. The summed E-state index contributed by atoms with van der Waals surface area (Å²) in [5.74, 6) is -4.95. The van der Waals surface area contributed by atoms with Crippen molar-refractivity contribution in [3.05, 3.63) is 46.0 Å². The van der Waals surface area contributed by atoms with E-state index in [9.17, 15) is 19.2 Å². The lowest BCUT2D eigenvalue weighted by molar-refractivity contribution is -0.159. The molecule has 2 rings (SSSR count). The third-order valence-electron chi connectivity index (χ3n) is 3.43. The first kappa shape index (κ1) is 17.9. The molecule has 7 heteroatoms. The molecule has 0 radical (unpaired) electrons. The summed E-state index contributed by atoms with van der Waals surface area (Å²) in [6.45, 7) is 3.11. The average Bonchev–Trinajstić information content (AvgIpc) is 2.57. The van der Waals surface area contributed by atoms with E-state index in [-0.39, 0.29) is 24.3 Å². The molecule has 1 aromatic rings. The Hall–Kier alpha value is -2.47. The Kier molecular flexibility index (Phi) is 5.51. The summed E-state index contributed by atoms with van der Waals surface area (Å²) in [5, 5.41) is -0.468. The lowest BCUT2D eigenvalue weighted by Gasteiger charge is -2.22. The zero-order valence-electron chi connectivity index (χ0n) is 13.1. The number of ketones is 2. The molecule has 24 heavy (non-hydrogen) atoms. The smallest absolute Gasteiger partial charge is 0.325 e. The lowest BCUT2D eigenvalue weighted by Crippen LogP contribution is -2.36. The maximum Gasteiger partial charge on any atom is 0.325 e. The molecule has 0 spiro atoms. The van der Waals surface area contributed by atoms with Crippen LogP contribution in [0.5, 0.6) is 0 Å². The van der Waals surface area contributed by atoms with E-state index in [4.69, 9.17) is 21.1 Å². The summed E-state index contributed by atoms with van der Waals surface area (Å²) in [6, 6.07) is 6.06. The molecule has 0 amide bonds. The highest BCUT2D eigenvalue weighted by Gasteiger charge is 2.43. The van der Waals surface area contributed by atoms with Gasteiger partial charge in [0.15, 0.2) is 11.7 Å². The molecule has 1 aromatic carbocycles. The van der Waals surface area contributed by atoms with E-state index in [2.05, 4.69) is 0 Å². The molecule has 0 aromatic heterocycles. The number of hydrogen-bond acceptors (Lipinski definition) is 6. The highest BCUT2D eigenvalue weighted by molar-refractivity contribution is 6.50. The van der Waals surface area contributed by atoms with Crippen LogP contribution in [0.1, 0.15) is 34.6 Å². The van der Waals surface area contributed by atoms with Gasteiger partial charge in [0.25, 0.3) is 0 Å². The van der Waals surface area contributed by atoms with E-state index < -0.39 is 40.0 Å². The minimum Gasteiger partial charge on any atom is -0.465 e. The summed E-state index contributed by atoms with van der Waals surface area (Å²) in [7, 11) is 0. The standard InChI is InChI=1S/C17H15ClO6/c1-3-23-16(21)12(17(22)24-4-2)11-13(18)15(20)10-8-6-5-7-9(10)14(11)19/h5-8,12H,3-4H2,1-2H3. The van der Waals surface area contributed by atoms with Crippen molar-refractivity contribution in [3.8, 4) is 0 Å². The van der Waals surface area contributed by atoms with Gasteiger partial charge in [0.1, 0.15) is 0 Å². The van der Waals surface area contributed by atoms with Crippen LogP contribution in [0.15, 0.2) is 34.9 Å². The van der Waals surface area contributed by atoms with Crippen molar-refractivity contribution in [2.45, 2.75) is 13.8 Å². The van der Waals surface area contributed by atoms with Gasteiger partial charge < -0.3 is 9.47 Å². The number of Topliss-reactive ketones (excluding diaryl/α,β-unsaturated/α-hetero) is 2. The summed E-state index contributed by atoms with van der Waals surface area (Å²) in [5.41, 5.74) is -0.194. The van der Waals surface area contributed by atoms with Crippen LogP contribution in [0.4, 0.5) is 0 Å². The quantitative estimate of drug-likeness (QED) is 0.598. The van der Waals surface area contributed by atoms with Gasteiger partial charge in [-0.05, 0) is 13.8 Å². The van der Waals surface area contributed by atoms with E-state index in [0.717, 1.165) is 0 Å². The van der Waals surface area contributed by atoms with Gasteiger partial charge in [-0.2, -0.15) is 0 Å². The minimum atomic E-state index is -1.69. The van der Waals surface area contributed by atoms with E-state index in [1.54, 1.807) is 26.0 Å². The second-order valence-corrected chi connectivity index (χ2v) is 5.25. The first-order valence-electron chi connectivity index (χ1n) is 7.35. The number of fused-ring (bicyclic) bond motifs is 1. The van der Waals surface area contributed by atoms with Gasteiger partial charge in [0, 0.05) is 16.7 Å². The zero-order valence-corrected chi connectivity index (χ0v) is 13.9. The van der Waals surface area contributed by atoms with Crippen LogP contribution < -0.4 is 0 Å². The summed E-state index contributed by atoms with van der Waals surface area (Å²) < 4.78 is 9.70. The third-order valence-corrected chi connectivity index (χ3v) is 3.81. The van der Waals surface area contributed by atoms with Crippen LogP contribution in [0.2, 0.25) is 0 Å². The second-order valence-electron chi connectivity index (χ2n) is 4.87. The molecule has 0 atom stereocenters. The van der Waals surface area contributed by atoms with Crippen molar-refractivity contribution in [3.63, 3.8) is 0 Å². The van der Waals surface area contributed by atoms with Crippen LogP contribution in [-0.4, -0.2) is 36.7 Å². The number of benzene rings is 1. The Morgan fingerprint density at radius 2 is 1.42 bits per heavy atom. The normalized spacial score (nSPS) is 13.8. The first-order valence-corrected chi connectivity index (χ1v) is 7.73. The molecule has 0 unspecified atom stereocenters. The molecule has 0 aliphatic heterocycles. The van der Waals surface area contributed by atoms with Crippen LogP contribution in [0.3, 0.4) is 0 Å². The third kappa shape index (κ3) is 3.10. The maximum atomic E-state index is 12.7. The zero-order chi connectivity index (χ0) is 17.9. The number of rotatable bonds is 5.